The Morgan fingerprint density at radius 1 is 1.33 bits per heavy atom. The third kappa shape index (κ3) is 4.15. The van der Waals surface area contributed by atoms with Crippen LogP contribution in [0.4, 0.5) is 4.39 Å². The maximum Gasteiger partial charge on any atom is 0.244 e. The summed E-state index contributed by atoms with van der Waals surface area (Å²) in [6, 6.07) is 4.21. The Morgan fingerprint density at radius 2 is 2.11 bits per heavy atom. The molecule has 1 aliphatic rings. The quantitative estimate of drug-likeness (QED) is 0.750. The first kappa shape index (κ1) is 19.0. The van der Waals surface area contributed by atoms with Gasteiger partial charge >= 0.3 is 0 Å². The fourth-order valence-corrected chi connectivity index (χ4v) is 3.41. The van der Waals surface area contributed by atoms with Crippen molar-refractivity contribution < 1.29 is 18.7 Å². The molecule has 1 aromatic carbocycles. The number of benzene rings is 1. The van der Waals surface area contributed by atoms with E-state index in [1.54, 1.807) is 29.5 Å². The van der Waals surface area contributed by atoms with Crippen LogP contribution in [0.25, 0.3) is 0 Å². The van der Waals surface area contributed by atoms with Gasteiger partial charge in [-0.05, 0) is 44.9 Å². The summed E-state index contributed by atoms with van der Waals surface area (Å²) < 4.78 is 20.4. The van der Waals surface area contributed by atoms with Crippen molar-refractivity contribution in [1.82, 2.24) is 19.7 Å². The monoisotopic (exact) mass is 374 g/mol. The van der Waals surface area contributed by atoms with E-state index in [1.165, 1.54) is 19.2 Å². The van der Waals surface area contributed by atoms with E-state index in [9.17, 15) is 14.0 Å². The van der Waals surface area contributed by atoms with E-state index in [2.05, 4.69) is 10.1 Å². The van der Waals surface area contributed by atoms with E-state index in [-0.39, 0.29) is 29.9 Å². The zero-order chi connectivity index (χ0) is 19.6. The number of carbonyl (C=O) groups is 2. The molecule has 7 nitrogen and oxygen atoms in total. The van der Waals surface area contributed by atoms with Crippen molar-refractivity contribution >= 4 is 11.7 Å². The maximum atomic E-state index is 13.9. The Bertz CT molecular complexity index is 865. The predicted octanol–water partition coefficient (Wildman–Crippen LogP) is 2.16. The number of carbonyl (C=O) groups excluding carboxylic acids is 2. The zero-order valence-electron chi connectivity index (χ0n) is 15.7. The molecule has 3 rings (SSSR count). The lowest BCUT2D eigenvalue weighted by Crippen LogP contribution is -2.43. The van der Waals surface area contributed by atoms with Crippen LogP contribution in [0.3, 0.4) is 0 Å². The number of ketones is 1. The van der Waals surface area contributed by atoms with Crippen molar-refractivity contribution in [3.63, 3.8) is 0 Å². The normalized spacial score (nSPS) is 17.0. The SMILES string of the molecule is COc1ccc(C(=O)[C@@H]2CCCN(C(=O)Cn3nc(C)nc3C)C2)cc1F. The van der Waals surface area contributed by atoms with Gasteiger partial charge in [-0.1, -0.05) is 0 Å². The molecule has 1 aromatic heterocycles. The molecule has 0 radical (unpaired) electrons. The largest absolute Gasteiger partial charge is 0.494 e. The van der Waals surface area contributed by atoms with Crippen LogP contribution in [0.15, 0.2) is 18.2 Å². The Kier molecular flexibility index (Phi) is 5.53. The summed E-state index contributed by atoms with van der Waals surface area (Å²) in [6.45, 7) is 4.61. The molecule has 2 heterocycles. The number of Topliss-reactive ketones (excluding diaryl/α,β-unsaturated/α-hetero) is 1. The van der Waals surface area contributed by atoms with Gasteiger partial charge in [-0.2, -0.15) is 5.10 Å². The number of methoxy groups -OCH3 is 1. The molecule has 1 amide bonds. The molecule has 1 saturated heterocycles. The first-order valence-corrected chi connectivity index (χ1v) is 8.92. The van der Waals surface area contributed by atoms with Gasteiger partial charge in [0.1, 0.15) is 18.2 Å². The lowest BCUT2D eigenvalue weighted by atomic mass is 9.90. The molecule has 0 bridgehead atoms. The zero-order valence-corrected chi connectivity index (χ0v) is 15.7. The Morgan fingerprint density at radius 3 is 2.74 bits per heavy atom. The van der Waals surface area contributed by atoms with E-state index in [0.29, 0.717) is 36.7 Å². The number of piperidine rings is 1. The molecule has 1 aliphatic heterocycles. The summed E-state index contributed by atoms with van der Waals surface area (Å²) in [4.78, 5) is 31.3. The molecule has 0 aliphatic carbocycles. The number of hydrogen-bond donors (Lipinski definition) is 0. The number of ether oxygens (including phenoxy) is 1. The maximum absolute atomic E-state index is 13.9. The highest BCUT2D eigenvalue weighted by Gasteiger charge is 2.29. The summed E-state index contributed by atoms with van der Waals surface area (Å²) in [5, 5.41) is 4.21. The van der Waals surface area contributed by atoms with Crippen LogP contribution in [-0.2, 0) is 11.3 Å². The Hall–Kier alpha value is -2.77. The third-order valence-electron chi connectivity index (χ3n) is 4.83. The van der Waals surface area contributed by atoms with Gasteiger partial charge in [0.2, 0.25) is 5.91 Å². The van der Waals surface area contributed by atoms with Crippen LogP contribution < -0.4 is 4.74 Å². The molecule has 1 fully saturated rings. The Labute approximate surface area is 157 Å². The minimum atomic E-state index is -0.566. The van der Waals surface area contributed by atoms with Crippen molar-refractivity contribution in [3.05, 3.63) is 41.2 Å². The van der Waals surface area contributed by atoms with Crippen LogP contribution in [-0.4, -0.2) is 51.6 Å². The Balaban J connectivity index is 1.68. The van der Waals surface area contributed by atoms with E-state index in [0.717, 1.165) is 6.42 Å². The van der Waals surface area contributed by atoms with Crippen molar-refractivity contribution in [2.45, 2.75) is 33.2 Å². The predicted molar refractivity (Wildman–Crippen MR) is 96.1 cm³/mol. The van der Waals surface area contributed by atoms with Crippen molar-refractivity contribution in [2.75, 3.05) is 20.2 Å². The average Bonchev–Trinajstić information content (AvgIpc) is 2.98. The van der Waals surface area contributed by atoms with Crippen molar-refractivity contribution in [1.29, 1.82) is 0 Å². The summed E-state index contributed by atoms with van der Waals surface area (Å²) in [5.41, 5.74) is 0.301. The smallest absolute Gasteiger partial charge is 0.244 e. The molecule has 1 atom stereocenters. The number of hydrogen-bond acceptors (Lipinski definition) is 5. The van der Waals surface area contributed by atoms with Gasteiger partial charge in [-0.15, -0.1) is 0 Å². The lowest BCUT2D eigenvalue weighted by Gasteiger charge is -2.32. The number of amides is 1. The molecular weight excluding hydrogens is 351 g/mol. The lowest BCUT2D eigenvalue weighted by molar-refractivity contribution is -0.133. The second kappa shape index (κ2) is 7.85. The van der Waals surface area contributed by atoms with Crippen LogP contribution >= 0.6 is 0 Å². The molecule has 0 unspecified atom stereocenters. The van der Waals surface area contributed by atoms with Crippen LogP contribution in [0.2, 0.25) is 0 Å². The molecule has 0 saturated carbocycles. The van der Waals surface area contributed by atoms with E-state index in [4.69, 9.17) is 4.74 Å². The molecule has 8 heteroatoms. The standard InChI is InChI=1S/C19H23FN4O3/c1-12-21-13(2)24(22-12)11-18(25)23-8-4-5-15(10-23)19(26)14-6-7-17(27-3)16(20)9-14/h6-7,9,15H,4-5,8,10-11H2,1-3H3/t15-/m1/s1. The third-order valence-corrected chi connectivity index (χ3v) is 4.83. The summed E-state index contributed by atoms with van der Waals surface area (Å²) in [5.74, 6) is 0.250. The molecular formula is C19H23FN4O3. The highest BCUT2D eigenvalue weighted by atomic mass is 19.1. The van der Waals surface area contributed by atoms with Crippen LogP contribution in [0.5, 0.6) is 5.75 Å². The number of nitrogens with zero attached hydrogens (tertiary/aromatic N) is 4. The number of aromatic nitrogens is 3. The molecule has 0 N–H and O–H groups in total. The fourth-order valence-electron chi connectivity index (χ4n) is 3.41. The van der Waals surface area contributed by atoms with Crippen molar-refractivity contribution in [3.8, 4) is 5.75 Å². The van der Waals surface area contributed by atoms with Gasteiger partial charge in [0, 0.05) is 24.6 Å². The molecule has 2 aromatic rings. The summed E-state index contributed by atoms with van der Waals surface area (Å²) >= 11 is 0. The second-order valence-corrected chi connectivity index (χ2v) is 6.76. The first-order chi connectivity index (χ1) is 12.9. The molecule has 0 spiro atoms. The fraction of sp³-hybridized carbons (Fsp3) is 0.474. The summed E-state index contributed by atoms with van der Waals surface area (Å²) in [6.07, 6.45) is 1.41. The first-order valence-electron chi connectivity index (χ1n) is 8.92. The van der Waals surface area contributed by atoms with Crippen LogP contribution in [0, 0.1) is 25.6 Å². The molecule has 144 valence electrons. The minimum Gasteiger partial charge on any atom is -0.494 e. The second-order valence-electron chi connectivity index (χ2n) is 6.76. The topological polar surface area (TPSA) is 77.3 Å². The van der Waals surface area contributed by atoms with Crippen molar-refractivity contribution in [2.24, 2.45) is 5.92 Å². The number of likely N-dealkylation sites (tertiary alicyclic amines) is 1. The van der Waals surface area contributed by atoms with Gasteiger partial charge in [-0.25, -0.2) is 14.1 Å². The van der Waals surface area contributed by atoms with Gasteiger partial charge in [-0.3, -0.25) is 9.59 Å². The number of aryl methyl sites for hydroxylation is 2. The van der Waals surface area contributed by atoms with E-state index in [1.807, 2.05) is 0 Å². The van der Waals surface area contributed by atoms with Crippen LogP contribution in [0.1, 0.15) is 34.8 Å². The number of halogens is 1. The van der Waals surface area contributed by atoms with Gasteiger partial charge in [0.15, 0.2) is 17.3 Å². The highest BCUT2D eigenvalue weighted by molar-refractivity contribution is 5.98. The summed E-state index contributed by atoms with van der Waals surface area (Å²) in [7, 11) is 1.38. The highest BCUT2D eigenvalue weighted by Crippen LogP contribution is 2.24. The molecule has 27 heavy (non-hydrogen) atoms. The average molecular weight is 374 g/mol. The van der Waals surface area contributed by atoms with Gasteiger partial charge in [0.05, 0.1) is 7.11 Å². The van der Waals surface area contributed by atoms with E-state index < -0.39 is 5.82 Å². The number of rotatable bonds is 5. The van der Waals surface area contributed by atoms with Gasteiger partial charge < -0.3 is 9.64 Å². The minimum absolute atomic E-state index is 0.0959. The van der Waals surface area contributed by atoms with E-state index >= 15 is 0 Å². The van der Waals surface area contributed by atoms with Gasteiger partial charge in [0.25, 0.3) is 0 Å².